The number of nitrogens with zero attached hydrogens (tertiary/aromatic N) is 3. The highest BCUT2D eigenvalue weighted by Gasteiger charge is 2.35. The summed E-state index contributed by atoms with van der Waals surface area (Å²) in [5.41, 5.74) is 2.35. The fraction of sp³-hybridized carbons (Fsp3) is 0.346. The first-order valence-electron chi connectivity index (χ1n) is 11.9. The van der Waals surface area contributed by atoms with Gasteiger partial charge in [0.1, 0.15) is 0 Å². The van der Waals surface area contributed by atoms with Crippen molar-refractivity contribution in [3.05, 3.63) is 65.7 Å². The highest BCUT2D eigenvalue weighted by atomic mass is 32.2. The Morgan fingerprint density at radius 2 is 1.83 bits per heavy atom. The Morgan fingerprint density at radius 3 is 2.53 bits per heavy atom. The van der Waals surface area contributed by atoms with Crippen LogP contribution in [0.25, 0.3) is 0 Å². The number of thioether (sulfide) groups is 1. The van der Waals surface area contributed by atoms with Crippen LogP contribution in [0.2, 0.25) is 0 Å². The number of hydrogen-bond acceptors (Lipinski definition) is 7. The molecule has 1 aliphatic heterocycles. The van der Waals surface area contributed by atoms with Crippen molar-refractivity contribution >= 4 is 51.6 Å². The summed E-state index contributed by atoms with van der Waals surface area (Å²) < 4.78 is 0.817. The first-order chi connectivity index (χ1) is 17.4. The number of hydrogen-bond donors (Lipinski definition) is 2. The predicted molar refractivity (Wildman–Crippen MR) is 143 cm³/mol. The Hall–Kier alpha value is -3.24. The number of anilines is 2. The predicted octanol–water partition coefficient (Wildman–Crippen LogP) is 4.71. The summed E-state index contributed by atoms with van der Waals surface area (Å²) in [7, 11) is 0. The third-order valence-electron chi connectivity index (χ3n) is 5.87. The molecule has 1 fully saturated rings. The van der Waals surface area contributed by atoms with Gasteiger partial charge in [0.05, 0.1) is 5.92 Å². The van der Waals surface area contributed by atoms with E-state index in [1.54, 1.807) is 40.9 Å². The smallest absolute Gasteiger partial charge is 0.257 e. The Balaban J connectivity index is 1.22. The maximum atomic E-state index is 12.6. The maximum absolute atomic E-state index is 12.6. The number of rotatable bonds is 10. The highest BCUT2D eigenvalue weighted by Crippen LogP contribution is 2.27. The maximum Gasteiger partial charge on any atom is 0.257 e. The Labute approximate surface area is 218 Å². The van der Waals surface area contributed by atoms with E-state index in [-0.39, 0.29) is 36.1 Å². The van der Waals surface area contributed by atoms with Gasteiger partial charge >= 0.3 is 0 Å². The van der Waals surface area contributed by atoms with Gasteiger partial charge in [-0.05, 0) is 56.5 Å². The molecule has 2 aromatic carbocycles. The van der Waals surface area contributed by atoms with Crippen LogP contribution in [0.4, 0.5) is 10.8 Å². The van der Waals surface area contributed by atoms with Crippen molar-refractivity contribution in [2.75, 3.05) is 22.9 Å². The minimum absolute atomic E-state index is 0.00240. The number of carbonyl (C=O) groups excluding carboxylic acids is 3. The van der Waals surface area contributed by atoms with E-state index in [1.807, 2.05) is 32.0 Å². The second-order valence-corrected chi connectivity index (χ2v) is 11.2. The van der Waals surface area contributed by atoms with Crippen LogP contribution in [0.3, 0.4) is 0 Å². The zero-order valence-corrected chi connectivity index (χ0v) is 21.9. The largest absolute Gasteiger partial charge is 0.339 e. The minimum atomic E-state index is -0.370. The van der Waals surface area contributed by atoms with Gasteiger partial charge in [-0.1, -0.05) is 53.4 Å². The number of likely N-dealkylation sites (tertiary alicyclic amines) is 1. The van der Waals surface area contributed by atoms with Crippen LogP contribution in [0.5, 0.6) is 0 Å². The number of carbonyl (C=O) groups is 3. The van der Waals surface area contributed by atoms with Gasteiger partial charge in [-0.3, -0.25) is 19.7 Å². The van der Waals surface area contributed by atoms with Crippen LogP contribution in [0, 0.1) is 5.92 Å². The summed E-state index contributed by atoms with van der Waals surface area (Å²) in [4.78, 5) is 39.0. The van der Waals surface area contributed by atoms with Crippen LogP contribution in [0.15, 0.2) is 58.9 Å². The Morgan fingerprint density at radius 1 is 1.08 bits per heavy atom. The SMILES string of the molecule is CC(C)N1CC(C(=O)Nc2ccc(C(=O)Nc3nnc(SCCCc4ccccc4)s3)cc2)CC1=O. The lowest BCUT2D eigenvalue weighted by Gasteiger charge is -2.20. The average Bonchev–Trinajstić information content (AvgIpc) is 3.49. The molecule has 0 aliphatic carbocycles. The topological polar surface area (TPSA) is 104 Å². The van der Waals surface area contributed by atoms with Gasteiger partial charge < -0.3 is 10.2 Å². The van der Waals surface area contributed by atoms with Gasteiger partial charge in [0.25, 0.3) is 5.91 Å². The lowest BCUT2D eigenvalue weighted by atomic mass is 10.1. The molecule has 2 N–H and O–H groups in total. The van der Waals surface area contributed by atoms with E-state index < -0.39 is 0 Å². The van der Waals surface area contributed by atoms with E-state index in [2.05, 4.69) is 33.0 Å². The van der Waals surface area contributed by atoms with E-state index in [9.17, 15) is 14.4 Å². The molecule has 1 atom stereocenters. The molecular weight excluding hydrogens is 494 g/mol. The normalized spacial score (nSPS) is 15.4. The minimum Gasteiger partial charge on any atom is -0.339 e. The number of aryl methyl sites for hydroxylation is 1. The molecule has 2 heterocycles. The molecule has 36 heavy (non-hydrogen) atoms. The van der Waals surface area contributed by atoms with Crippen LogP contribution in [0.1, 0.15) is 42.6 Å². The second kappa shape index (κ2) is 12.1. The number of benzene rings is 2. The standard InChI is InChI=1S/C26H29N5O3S2/c1-17(2)31-16-20(15-22(31)32)24(34)27-21-12-10-19(11-13-21)23(33)28-25-29-30-26(36-25)35-14-6-9-18-7-4-3-5-8-18/h3-5,7-8,10-13,17,20H,6,9,14-16H2,1-2H3,(H,27,34)(H,28,29,33). The van der Waals surface area contributed by atoms with Gasteiger partial charge in [-0.15, -0.1) is 10.2 Å². The second-order valence-electron chi connectivity index (χ2n) is 8.87. The Kier molecular flexibility index (Phi) is 8.71. The van der Waals surface area contributed by atoms with Gasteiger partial charge in [0, 0.05) is 36.0 Å². The molecule has 0 spiro atoms. The summed E-state index contributed by atoms with van der Waals surface area (Å²) >= 11 is 2.98. The first kappa shape index (κ1) is 25.8. The van der Waals surface area contributed by atoms with Crippen molar-refractivity contribution < 1.29 is 14.4 Å². The van der Waals surface area contributed by atoms with Gasteiger partial charge in [-0.25, -0.2) is 0 Å². The molecule has 4 rings (SSSR count). The van der Waals surface area contributed by atoms with E-state index in [4.69, 9.17) is 0 Å². The number of aromatic nitrogens is 2. The quantitative estimate of drug-likeness (QED) is 0.227. The first-order valence-corrected chi connectivity index (χ1v) is 13.7. The van der Waals surface area contributed by atoms with E-state index in [1.165, 1.54) is 16.9 Å². The van der Waals surface area contributed by atoms with Crippen molar-refractivity contribution in [3.63, 3.8) is 0 Å². The third-order valence-corrected chi connectivity index (χ3v) is 7.93. The number of amides is 3. The zero-order valence-electron chi connectivity index (χ0n) is 20.3. The molecule has 0 saturated carbocycles. The fourth-order valence-corrected chi connectivity index (χ4v) is 5.68. The molecule has 188 valence electrons. The van der Waals surface area contributed by atoms with Crippen LogP contribution < -0.4 is 10.6 Å². The summed E-state index contributed by atoms with van der Waals surface area (Å²) in [5, 5.41) is 14.3. The van der Waals surface area contributed by atoms with Crippen molar-refractivity contribution in [2.45, 2.75) is 43.5 Å². The molecule has 1 aliphatic rings. The van der Waals surface area contributed by atoms with Gasteiger partial charge in [0.15, 0.2) is 4.34 Å². The van der Waals surface area contributed by atoms with Crippen LogP contribution >= 0.6 is 23.1 Å². The summed E-state index contributed by atoms with van der Waals surface area (Å²) in [6.45, 7) is 4.31. The van der Waals surface area contributed by atoms with E-state index in [0.717, 1.165) is 22.9 Å². The number of nitrogens with one attached hydrogen (secondary N) is 2. The van der Waals surface area contributed by atoms with Crippen molar-refractivity contribution in [2.24, 2.45) is 5.92 Å². The molecule has 1 aromatic heterocycles. The molecule has 1 unspecified atom stereocenters. The molecule has 0 radical (unpaired) electrons. The molecule has 3 amide bonds. The lowest BCUT2D eigenvalue weighted by molar-refractivity contribution is -0.129. The summed E-state index contributed by atoms with van der Waals surface area (Å²) in [6.07, 6.45) is 2.27. The molecular formula is C26H29N5O3S2. The summed E-state index contributed by atoms with van der Waals surface area (Å²) in [6, 6.07) is 17.1. The molecule has 3 aromatic rings. The molecule has 1 saturated heterocycles. The van der Waals surface area contributed by atoms with Crippen LogP contribution in [-0.4, -0.2) is 51.2 Å². The van der Waals surface area contributed by atoms with Gasteiger partial charge in [0.2, 0.25) is 16.9 Å². The molecule has 10 heteroatoms. The van der Waals surface area contributed by atoms with E-state index in [0.29, 0.717) is 22.9 Å². The summed E-state index contributed by atoms with van der Waals surface area (Å²) in [5.74, 6) is 0.0769. The average molecular weight is 524 g/mol. The fourth-order valence-electron chi connectivity index (χ4n) is 3.92. The van der Waals surface area contributed by atoms with Gasteiger partial charge in [-0.2, -0.15) is 0 Å². The molecule has 0 bridgehead atoms. The lowest BCUT2D eigenvalue weighted by Crippen LogP contribution is -2.33. The zero-order chi connectivity index (χ0) is 25.5. The van der Waals surface area contributed by atoms with Crippen molar-refractivity contribution in [1.82, 2.24) is 15.1 Å². The monoisotopic (exact) mass is 523 g/mol. The Bertz CT molecular complexity index is 1200. The highest BCUT2D eigenvalue weighted by molar-refractivity contribution is 8.01. The van der Waals surface area contributed by atoms with E-state index >= 15 is 0 Å². The van der Waals surface area contributed by atoms with Crippen LogP contribution in [-0.2, 0) is 16.0 Å². The molecule has 8 nitrogen and oxygen atoms in total. The van der Waals surface area contributed by atoms with Crippen molar-refractivity contribution in [3.8, 4) is 0 Å². The van der Waals surface area contributed by atoms with Crippen molar-refractivity contribution in [1.29, 1.82) is 0 Å². The third kappa shape index (κ3) is 6.92.